The predicted molar refractivity (Wildman–Crippen MR) is 108 cm³/mol. The van der Waals surface area contributed by atoms with Crippen LogP contribution in [0.2, 0.25) is 5.02 Å². The summed E-state index contributed by atoms with van der Waals surface area (Å²) in [4.78, 5) is 14.7. The molecule has 1 aliphatic heterocycles. The van der Waals surface area contributed by atoms with Crippen molar-refractivity contribution in [3.05, 3.63) is 28.8 Å². The first-order valence-electron chi connectivity index (χ1n) is 9.59. The topological polar surface area (TPSA) is 53.6 Å². The zero-order valence-corrected chi connectivity index (χ0v) is 16.9. The van der Waals surface area contributed by atoms with Crippen molar-refractivity contribution in [2.24, 2.45) is 5.92 Å². The van der Waals surface area contributed by atoms with Crippen molar-refractivity contribution in [3.63, 3.8) is 0 Å². The van der Waals surface area contributed by atoms with Crippen LogP contribution < -0.4 is 10.6 Å². The standard InChI is InChI=1S/C20H32ClN3O2/c1-4-26-11-5-9-24-10-8-18(16(3)14-24)22-13-20(25)23-19-7-6-15(2)12-17(19)21/h6-7,12,16,18,22H,4-5,8-11,13-14H2,1-3H3,(H,23,25)/t16-,18-/m1/s1. The number of carbonyl (C=O) groups is 1. The lowest BCUT2D eigenvalue weighted by molar-refractivity contribution is -0.115. The van der Waals surface area contributed by atoms with Crippen molar-refractivity contribution in [1.29, 1.82) is 0 Å². The van der Waals surface area contributed by atoms with Crippen molar-refractivity contribution in [1.82, 2.24) is 10.2 Å². The Labute approximate surface area is 162 Å². The number of amides is 1. The molecular formula is C20H32ClN3O2. The Morgan fingerprint density at radius 1 is 1.42 bits per heavy atom. The molecule has 1 amide bonds. The third-order valence-electron chi connectivity index (χ3n) is 4.88. The van der Waals surface area contributed by atoms with Gasteiger partial charge in [0.05, 0.1) is 17.3 Å². The van der Waals surface area contributed by atoms with Gasteiger partial charge in [-0.3, -0.25) is 4.79 Å². The summed E-state index contributed by atoms with van der Waals surface area (Å²) < 4.78 is 5.41. The highest BCUT2D eigenvalue weighted by atomic mass is 35.5. The Hall–Kier alpha value is -1.14. The van der Waals surface area contributed by atoms with E-state index in [4.69, 9.17) is 16.3 Å². The lowest BCUT2D eigenvalue weighted by Crippen LogP contribution is -2.50. The maximum atomic E-state index is 12.2. The Kier molecular flexibility index (Phi) is 8.85. The van der Waals surface area contributed by atoms with E-state index in [1.54, 1.807) is 0 Å². The van der Waals surface area contributed by atoms with Gasteiger partial charge in [-0.15, -0.1) is 0 Å². The molecule has 1 aromatic rings. The summed E-state index contributed by atoms with van der Waals surface area (Å²) >= 11 is 6.17. The normalized spacial score (nSPS) is 20.9. The summed E-state index contributed by atoms with van der Waals surface area (Å²) in [7, 11) is 0. The molecule has 2 rings (SSSR count). The first kappa shape index (κ1) is 21.2. The van der Waals surface area contributed by atoms with Gasteiger partial charge in [-0.05, 0) is 56.8 Å². The summed E-state index contributed by atoms with van der Waals surface area (Å²) in [5.74, 6) is 0.466. The third kappa shape index (κ3) is 6.88. The SMILES string of the molecule is CCOCCCN1CC[C@@H](NCC(=O)Nc2ccc(C)cc2Cl)[C@H](C)C1. The second-order valence-electron chi connectivity index (χ2n) is 7.14. The van der Waals surface area contributed by atoms with Crippen LogP contribution in [0.25, 0.3) is 0 Å². The van der Waals surface area contributed by atoms with E-state index in [2.05, 4.69) is 22.5 Å². The third-order valence-corrected chi connectivity index (χ3v) is 5.19. The van der Waals surface area contributed by atoms with Crippen LogP contribution in [0.1, 0.15) is 32.3 Å². The average molecular weight is 382 g/mol. The molecule has 2 atom stereocenters. The van der Waals surface area contributed by atoms with Crippen LogP contribution in [0, 0.1) is 12.8 Å². The van der Waals surface area contributed by atoms with E-state index in [1.807, 2.05) is 32.0 Å². The molecule has 1 saturated heterocycles. The number of ether oxygens (including phenoxy) is 1. The molecule has 0 spiro atoms. The molecule has 5 nitrogen and oxygen atoms in total. The zero-order valence-electron chi connectivity index (χ0n) is 16.2. The molecule has 2 N–H and O–H groups in total. The first-order chi connectivity index (χ1) is 12.5. The maximum Gasteiger partial charge on any atom is 0.238 e. The van der Waals surface area contributed by atoms with Crippen LogP contribution in [0.4, 0.5) is 5.69 Å². The van der Waals surface area contributed by atoms with Crippen molar-refractivity contribution < 1.29 is 9.53 Å². The fraction of sp³-hybridized carbons (Fsp3) is 0.650. The van der Waals surface area contributed by atoms with Gasteiger partial charge in [0.1, 0.15) is 0 Å². The van der Waals surface area contributed by atoms with E-state index in [1.165, 1.54) is 0 Å². The Balaban J connectivity index is 1.70. The van der Waals surface area contributed by atoms with Crippen molar-refractivity contribution in [2.45, 2.75) is 39.7 Å². The Morgan fingerprint density at radius 2 is 2.23 bits per heavy atom. The number of piperidine rings is 1. The Morgan fingerprint density at radius 3 is 2.92 bits per heavy atom. The molecule has 0 aromatic heterocycles. The van der Waals surface area contributed by atoms with Crippen LogP contribution >= 0.6 is 11.6 Å². The van der Waals surface area contributed by atoms with Crippen molar-refractivity contribution >= 4 is 23.2 Å². The summed E-state index contributed by atoms with van der Waals surface area (Å²) in [6, 6.07) is 6.02. The Bertz CT molecular complexity index is 582. The van der Waals surface area contributed by atoms with Crippen molar-refractivity contribution in [3.8, 4) is 0 Å². The molecule has 1 fully saturated rings. The van der Waals surface area contributed by atoms with Gasteiger partial charge in [-0.25, -0.2) is 0 Å². The van der Waals surface area contributed by atoms with Gasteiger partial charge in [0.25, 0.3) is 0 Å². The van der Waals surface area contributed by atoms with Gasteiger partial charge < -0.3 is 20.3 Å². The van der Waals surface area contributed by atoms with Gasteiger partial charge >= 0.3 is 0 Å². The minimum Gasteiger partial charge on any atom is -0.382 e. The second kappa shape index (κ2) is 10.9. The molecule has 1 heterocycles. The van der Waals surface area contributed by atoms with Gasteiger partial charge in [0.15, 0.2) is 0 Å². The molecule has 0 radical (unpaired) electrons. The predicted octanol–water partition coefficient (Wildman–Crippen LogP) is 3.31. The van der Waals surface area contributed by atoms with E-state index in [0.717, 1.165) is 51.3 Å². The molecule has 1 aliphatic rings. The number of benzene rings is 1. The van der Waals surface area contributed by atoms with Crippen LogP contribution in [0.5, 0.6) is 0 Å². The largest absolute Gasteiger partial charge is 0.382 e. The number of nitrogens with one attached hydrogen (secondary N) is 2. The maximum absolute atomic E-state index is 12.2. The zero-order chi connectivity index (χ0) is 18.9. The molecule has 146 valence electrons. The summed E-state index contributed by atoms with van der Waals surface area (Å²) in [5.41, 5.74) is 1.74. The summed E-state index contributed by atoms with van der Waals surface area (Å²) in [5, 5.41) is 6.87. The smallest absolute Gasteiger partial charge is 0.238 e. The van der Waals surface area contributed by atoms with Crippen LogP contribution in [-0.2, 0) is 9.53 Å². The van der Waals surface area contributed by atoms with Crippen LogP contribution in [0.15, 0.2) is 18.2 Å². The minimum absolute atomic E-state index is 0.0536. The number of hydrogen-bond donors (Lipinski definition) is 2. The lowest BCUT2D eigenvalue weighted by atomic mass is 9.93. The quantitative estimate of drug-likeness (QED) is 0.644. The molecule has 1 aromatic carbocycles. The fourth-order valence-corrected chi connectivity index (χ4v) is 3.69. The van der Waals surface area contributed by atoms with E-state index < -0.39 is 0 Å². The monoisotopic (exact) mass is 381 g/mol. The number of hydrogen-bond acceptors (Lipinski definition) is 4. The van der Waals surface area contributed by atoms with Gasteiger partial charge in [-0.1, -0.05) is 24.6 Å². The van der Waals surface area contributed by atoms with Gasteiger partial charge in [0.2, 0.25) is 5.91 Å². The van der Waals surface area contributed by atoms with Gasteiger partial charge in [-0.2, -0.15) is 0 Å². The highest BCUT2D eigenvalue weighted by molar-refractivity contribution is 6.33. The highest BCUT2D eigenvalue weighted by Crippen LogP contribution is 2.22. The molecule has 0 unspecified atom stereocenters. The lowest BCUT2D eigenvalue weighted by Gasteiger charge is -2.37. The van der Waals surface area contributed by atoms with Crippen LogP contribution in [0.3, 0.4) is 0 Å². The number of aryl methyl sites for hydroxylation is 1. The molecule has 6 heteroatoms. The van der Waals surface area contributed by atoms with E-state index >= 15 is 0 Å². The molecule has 0 aliphatic carbocycles. The fourth-order valence-electron chi connectivity index (χ4n) is 3.41. The van der Waals surface area contributed by atoms with E-state index in [9.17, 15) is 4.79 Å². The first-order valence-corrected chi connectivity index (χ1v) is 9.97. The van der Waals surface area contributed by atoms with Gasteiger partial charge in [0, 0.05) is 32.3 Å². The molecular weight excluding hydrogens is 350 g/mol. The molecule has 0 saturated carbocycles. The number of carbonyl (C=O) groups excluding carboxylic acids is 1. The summed E-state index contributed by atoms with van der Waals surface area (Å²) in [6.07, 6.45) is 2.15. The average Bonchev–Trinajstić information content (AvgIpc) is 2.60. The number of nitrogens with zero attached hydrogens (tertiary/aromatic N) is 1. The summed E-state index contributed by atoms with van der Waals surface area (Å²) in [6.45, 7) is 11.4. The number of rotatable bonds is 9. The number of halogens is 1. The van der Waals surface area contributed by atoms with Crippen molar-refractivity contribution in [2.75, 3.05) is 44.7 Å². The number of likely N-dealkylation sites (tertiary alicyclic amines) is 1. The highest BCUT2D eigenvalue weighted by Gasteiger charge is 2.25. The minimum atomic E-state index is -0.0536. The van der Waals surface area contributed by atoms with E-state index in [0.29, 0.717) is 29.2 Å². The molecule has 26 heavy (non-hydrogen) atoms. The molecule has 0 bridgehead atoms. The van der Waals surface area contributed by atoms with Crippen LogP contribution in [-0.4, -0.2) is 56.2 Å². The number of anilines is 1. The van der Waals surface area contributed by atoms with E-state index in [-0.39, 0.29) is 5.91 Å². The second-order valence-corrected chi connectivity index (χ2v) is 7.54.